The van der Waals surface area contributed by atoms with Crippen molar-refractivity contribution in [2.45, 2.75) is 11.4 Å². The van der Waals surface area contributed by atoms with Crippen molar-refractivity contribution in [2.75, 3.05) is 4.72 Å². The summed E-state index contributed by atoms with van der Waals surface area (Å²) < 4.78 is 29.6. The van der Waals surface area contributed by atoms with Gasteiger partial charge in [0.1, 0.15) is 0 Å². The molecule has 4 aromatic rings. The van der Waals surface area contributed by atoms with Gasteiger partial charge in [-0.25, -0.2) is 13.4 Å². The normalized spacial score (nSPS) is 11.4. The number of imidazole rings is 1. The molecule has 146 valence electrons. The molecule has 1 aromatic heterocycles. The molecule has 0 aliphatic carbocycles. The standard InChI is InChI=1S/C20H16N4O4S/c25-24(26)17-7-9-18(10-8-17)29(27,28)22-16-6-11-20-19(12-16)21-14-23(20)13-15-4-2-1-3-5-15/h1-12,14,22H,13H2. The van der Waals surface area contributed by atoms with Crippen molar-refractivity contribution in [1.29, 1.82) is 0 Å². The number of hydrogen-bond acceptors (Lipinski definition) is 5. The maximum absolute atomic E-state index is 12.6. The van der Waals surface area contributed by atoms with Crippen LogP contribution in [0.25, 0.3) is 11.0 Å². The van der Waals surface area contributed by atoms with Crippen LogP contribution in [-0.2, 0) is 16.6 Å². The van der Waals surface area contributed by atoms with E-state index < -0.39 is 14.9 Å². The number of nitro benzene ring substituents is 1. The van der Waals surface area contributed by atoms with Crippen LogP contribution in [0.1, 0.15) is 5.56 Å². The SMILES string of the molecule is O=[N+]([O-])c1ccc(S(=O)(=O)Nc2ccc3c(c2)ncn3Cc2ccccc2)cc1. The Kier molecular flexibility index (Phi) is 4.73. The second kappa shape index (κ2) is 7.36. The van der Waals surface area contributed by atoms with E-state index in [1.54, 1.807) is 24.5 Å². The first-order valence-electron chi connectivity index (χ1n) is 8.68. The summed E-state index contributed by atoms with van der Waals surface area (Å²) in [5, 5.41) is 10.7. The Bertz CT molecular complexity index is 1280. The highest BCUT2D eigenvalue weighted by Gasteiger charge is 2.16. The molecule has 4 rings (SSSR count). The van der Waals surface area contributed by atoms with Crippen molar-refractivity contribution < 1.29 is 13.3 Å². The van der Waals surface area contributed by atoms with Crippen molar-refractivity contribution >= 4 is 32.4 Å². The lowest BCUT2D eigenvalue weighted by Crippen LogP contribution is -2.12. The highest BCUT2D eigenvalue weighted by atomic mass is 32.2. The van der Waals surface area contributed by atoms with Gasteiger partial charge in [-0.15, -0.1) is 0 Å². The molecule has 0 spiro atoms. The Morgan fingerprint density at radius 3 is 2.41 bits per heavy atom. The zero-order chi connectivity index (χ0) is 20.4. The number of anilines is 1. The van der Waals surface area contributed by atoms with Gasteiger partial charge in [0, 0.05) is 18.7 Å². The van der Waals surface area contributed by atoms with Gasteiger partial charge in [-0.2, -0.15) is 0 Å². The maximum Gasteiger partial charge on any atom is 0.269 e. The molecule has 0 saturated heterocycles. The van der Waals surface area contributed by atoms with Gasteiger partial charge in [-0.1, -0.05) is 30.3 Å². The van der Waals surface area contributed by atoms with E-state index in [-0.39, 0.29) is 10.6 Å². The summed E-state index contributed by atoms with van der Waals surface area (Å²) >= 11 is 0. The molecule has 0 aliphatic heterocycles. The predicted molar refractivity (Wildman–Crippen MR) is 109 cm³/mol. The molecular formula is C20H16N4O4S. The number of sulfonamides is 1. The number of nitrogens with zero attached hydrogens (tertiary/aromatic N) is 3. The summed E-state index contributed by atoms with van der Waals surface area (Å²) in [7, 11) is -3.87. The fourth-order valence-corrected chi connectivity index (χ4v) is 4.04. The van der Waals surface area contributed by atoms with E-state index in [1.165, 1.54) is 12.1 Å². The molecular weight excluding hydrogens is 392 g/mol. The Balaban J connectivity index is 1.57. The Morgan fingerprint density at radius 1 is 1.00 bits per heavy atom. The third kappa shape index (κ3) is 3.94. The lowest BCUT2D eigenvalue weighted by molar-refractivity contribution is -0.384. The van der Waals surface area contributed by atoms with E-state index in [2.05, 4.69) is 9.71 Å². The van der Waals surface area contributed by atoms with Crippen LogP contribution in [0.4, 0.5) is 11.4 Å². The van der Waals surface area contributed by atoms with E-state index in [9.17, 15) is 18.5 Å². The molecule has 0 atom stereocenters. The van der Waals surface area contributed by atoms with Crippen molar-refractivity contribution in [2.24, 2.45) is 0 Å². The number of aromatic nitrogens is 2. The van der Waals surface area contributed by atoms with Crippen LogP contribution in [0.5, 0.6) is 0 Å². The highest BCUT2D eigenvalue weighted by Crippen LogP contribution is 2.23. The highest BCUT2D eigenvalue weighted by molar-refractivity contribution is 7.92. The number of rotatable bonds is 6. The quantitative estimate of drug-likeness (QED) is 0.386. The van der Waals surface area contributed by atoms with Crippen molar-refractivity contribution in [1.82, 2.24) is 9.55 Å². The third-order valence-corrected chi connectivity index (χ3v) is 5.82. The van der Waals surface area contributed by atoms with E-state index >= 15 is 0 Å². The average Bonchev–Trinajstić information content (AvgIpc) is 3.10. The largest absolute Gasteiger partial charge is 0.326 e. The molecule has 0 fully saturated rings. The minimum absolute atomic E-state index is 0.0576. The zero-order valence-corrected chi connectivity index (χ0v) is 15.9. The fraction of sp³-hybridized carbons (Fsp3) is 0.0500. The Morgan fingerprint density at radius 2 is 1.72 bits per heavy atom. The van der Waals surface area contributed by atoms with Gasteiger partial charge >= 0.3 is 0 Å². The van der Waals surface area contributed by atoms with Gasteiger partial charge < -0.3 is 4.57 Å². The molecule has 0 saturated carbocycles. The number of fused-ring (bicyclic) bond motifs is 1. The summed E-state index contributed by atoms with van der Waals surface area (Å²) in [4.78, 5) is 14.5. The molecule has 0 aliphatic rings. The first-order valence-corrected chi connectivity index (χ1v) is 10.2. The Hall–Kier alpha value is -3.72. The monoisotopic (exact) mass is 408 g/mol. The third-order valence-electron chi connectivity index (χ3n) is 4.43. The van der Waals surface area contributed by atoms with Crippen LogP contribution in [0.2, 0.25) is 0 Å². The lowest BCUT2D eigenvalue weighted by Gasteiger charge is -2.09. The van der Waals surface area contributed by atoms with Gasteiger partial charge in [0.2, 0.25) is 0 Å². The molecule has 0 radical (unpaired) electrons. The molecule has 0 bridgehead atoms. The number of nitro groups is 1. The number of benzene rings is 3. The minimum Gasteiger partial charge on any atom is -0.326 e. The van der Waals surface area contributed by atoms with Crippen molar-refractivity contribution in [3.8, 4) is 0 Å². The lowest BCUT2D eigenvalue weighted by atomic mass is 10.2. The van der Waals surface area contributed by atoms with Gasteiger partial charge in [0.05, 0.1) is 32.9 Å². The maximum atomic E-state index is 12.6. The zero-order valence-electron chi connectivity index (χ0n) is 15.1. The summed E-state index contributed by atoms with van der Waals surface area (Å²) in [5.74, 6) is 0. The summed E-state index contributed by atoms with van der Waals surface area (Å²) in [6.45, 7) is 0.658. The molecule has 8 nitrogen and oxygen atoms in total. The van der Waals surface area contributed by atoms with Crippen LogP contribution in [0, 0.1) is 10.1 Å². The topological polar surface area (TPSA) is 107 Å². The number of nitrogens with one attached hydrogen (secondary N) is 1. The Labute approximate surface area is 166 Å². The summed E-state index contributed by atoms with van der Waals surface area (Å²) in [5.41, 5.74) is 2.86. The second-order valence-corrected chi connectivity index (χ2v) is 8.10. The van der Waals surface area contributed by atoms with Gasteiger partial charge in [-0.05, 0) is 35.9 Å². The van der Waals surface area contributed by atoms with E-state index in [0.717, 1.165) is 23.2 Å². The summed E-state index contributed by atoms with van der Waals surface area (Å²) in [6, 6.07) is 19.8. The molecule has 3 aromatic carbocycles. The van der Waals surface area contributed by atoms with Crippen LogP contribution in [-0.4, -0.2) is 22.9 Å². The van der Waals surface area contributed by atoms with Crippen LogP contribution >= 0.6 is 0 Å². The molecule has 29 heavy (non-hydrogen) atoms. The molecule has 1 heterocycles. The van der Waals surface area contributed by atoms with Crippen molar-refractivity contribution in [3.63, 3.8) is 0 Å². The fourth-order valence-electron chi connectivity index (χ4n) is 2.99. The first kappa shape index (κ1) is 18.6. The van der Waals surface area contributed by atoms with Crippen LogP contribution < -0.4 is 4.72 Å². The number of non-ortho nitro benzene ring substituents is 1. The molecule has 1 N–H and O–H groups in total. The van der Waals surface area contributed by atoms with E-state index in [1.807, 2.05) is 34.9 Å². The van der Waals surface area contributed by atoms with Gasteiger partial charge in [0.25, 0.3) is 15.7 Å². The predicted octanol–water partition coefficient (Wildman–Crippen LogP) is 3.79. The van der Waals surface area contributed by atoms with E-state index in [4.69, 9.17) is 0 Å². The second-order valence-electron chi connectivity index (χ2n) is 6.42. The minimum atomic E-state index is -3.87. The van der Waals surface area contributed by atoms with E-state index in [0.29, 0.717) is 17.7 Å². The van der Waals surface area contributed by atoms with Crippen molar-refractivity contribution in [3.05, 3.63) is 94.8 Å². The first-order chi connectivity index (χ1) is 13.9. The molecule has 9 heteroatoms. The van der Waals surface area contributed by atoms with Gasteiger partial charge in [0.15, 0.2) is 0 Å². The smallest absolute Gasteiger partial charge is 0.269 e. The number of hydrogen-bond donors (Lipinski definition) is 1. The van der Waals surface area contributed by atoms with Crippen LogP contribution in [0.15, 0.2) is 84.0 Å². The van der Waals surface area contributed by atoms with Crippen LogP contribution in [0.3, 0.4) is 0 Å². The summed E-state index contributed by atoms with van der Waals surface area (Å²) in [6.07, 6.45) is 1.71. The molecule has 0 unspecified atom stereocenters. The molecule has 0 amide bonds. The average molecular weight is 408 g/mol. The van der Waals surface area contributed by atoms with Gasteiger partial charge in [-0.3, -0.25) is 14.8 Å².